The van der Waals surface area contributed by atoms with Crippen LogP contribution in [0.15, 0.2) is 78.9 Å². The molecular weight excluding hydrogens is 451 g/mol. The quantitative estimate of drug-likeness (QED) is 0.364. The van der Waals surface area contributed by atoms with Crippen LogP contribution in [-0.4, -0.2) is 29.3 Å². The van der Waals surface area contributed by atoms with Crippen molar-refractivity contribution in [1.29, 1.82) is 0 Å². The highest BCUT2D eigenvalue weighted by Crippen LogP contribution is 2.21. The molecule has 0 heterocycles. The highest BCUT2D eigenvalue weighted by Gasteiger charge is 2.30. The fourth-order valence-corrected chi connectivity index (χ4v) is 3.94. The van der Waals surface area contributed by atoms with Gasteiger partial charge in [0.1, 0.15) is 11.9 Å². The highest BCUT2D eigenvalue weighted by atomic mass is 35.5. The topological polar surface area (TPSA) is 49.4 Å². The van der Waals surface area contributed by atoms with Crippen LogP contribution in [0.1, 0.15) is 36.5 Å². The van der Waals surface area contributed by atoms with Crippen molar-refractivity contribution in [2.45, 2.75) is 45.2 Å². The molecular formula is C28H30ClFN2O2. The molecule has 3 aromatic carbocycles. The van der Waals surface area contributed by atoms with Gasteiger partial charge in [-0.15, -0.1) is 0 Å². The minimum Gasteiger partial charge on any atom is -0.354 e. The maximum absolute atomic E-state index is 13.6. The van der Waals surface area contributed by atoms with Gasteiger partial charge in [0.05, 0.1) is 6.42 Å². The lowest BCUT2D eigenvalue weighted by molar-refractivity contribution is -0.140. The van der Waals surface area contributed by atoms with E-state index in [-0.39, 0.29) is 30.6 Å². The van der Waals surface area contributed by atoms with E-state index in [4.69, 9.17) is 11.6 Å². The average Bonchev–Trinajstić information content (AvgIpc) is 2.84. The van der Waals surface area contributed by atoms with Crippen molar-refractivity contribution >= 4 is 23.4 Å². The number of halogens is 2. The van der Waals surface area contributed by atoms with E-state index in [0.29, 0.717) is 23.6 Å². The molecule has 0 fully saturated rings. The zero-order valence-corrected chi connectivity index (χ0v) is 20.1. The van der Waals surface area contributed by atoms with Crippen molar-refractivity contribution in [2.75, 3.05) is 6.54 Å². The van der Waals surface area contributed by atoms with Crippen LogP contribution in [0.5, 0.6) is 0 Å². The van der Waals surface area contributed by atoms with Crippen LogP contribution >= 0.6 is 11.6 Å². The molecule has 0 aliphatic heterocycles. The summed E-state index contributed by atoms with van der Waals surface area (Å²) in [6.07, 6.45) is 2.24. The van der Waals surface area contributed by atoms with E-state index >= 15 is 0 Å². The van der Waals surface area contributed by atoms with Crippen molar-refractivity contribution < 1.29 is 14.0 Å². The van der Waals surface area contributed by atoms with Gasteiger partial charge in [-0.3, -0.25) is 9.59 Å². The number of carbonyl (C=O) groups is 2. The Morgan fingerprint density at radius 1 is 0.941 bits per heavy atom. The van der Waals surface area contributed by atoms with Crippen molar-refractivity contribution in [3.63, 3.8) is 0 Å². The molecule has 1 N–H and O–H groups in total. The molecule has 0 radical (unpaired) electrons. The fraction of sp³-hybridized carbons (Fsp3) is 0.286. The number of hydrogen-bond donors (Lipinski definition) is 1. The molecule has 6 heteroatoms. The summed E-state index contributed by atoms with van der Waals surface area (Å²) in [6.45, 7) is 2.80. The number of nitrogens with one attached hydrogen (secondary N) is 1. The minimum atomic E-state index is -0.719. The predicted molar refractivity (Wildman–Crippen MR) is 134 cm³/mol. The van der Waals surface area contributed by atoms with Crippen LogP contribution < -0.4 is 5.32 Å². The van der Waals surface area contributed by atoms with Crippen LogP contribution in [0, 0.1) is 5.82 Å². The van der Waals surface area contributed by atoms with Gasteiger partial charge < -0.3 is 10.2 Å². The number of nitrogens with zero attached hydrogens (tertiary/aromatic N) is 1. The molecule has 1 atom stereocenters. The van der Waals surface area contributed by atoms with Crippen LogP contribution in [0.3, 0.4) is 0 Å². The zero-order chi connectivity index (χ0) is 24.3. The summed E-state index contributed by atoms with van der Waals surface area (Å²) in [6, 6.07) is 22.1. The molecule has 3 rings (SSSR count). The fourth-order valence-electron chi connectivity index (χ4n) is 3.75. The largest absolute Gasteiger partial charge is 0.354 e. The molecule has 178 valence electrons. The van der Waals surface area contributed by atoms with Crippen LogP contribution in [0.25, 0.3) is 0 Å². The molecule has 1 unspecified atom stereocenters. The third-order valence-corrected chi connectivity index (χ3v) is 6.04. The molecule has 4 nitrogen and oxygen atoms in total. The van der Waals surface area contributed by atoms with E-state index in [1.807, 2.05) is 48.5 Å². The van der Waals surface area contributed by atoms with Crippen molar-refractivity contribution in [1.82, 2.24) is 10.2 Å². The highest BCUT2D eigenvalue weighted by molar-refractivity contribution is 6.31. The normalized spacial score (nSPS) is 11.6. The number of rotatable bonds is 11. The van der Waals surface area contributed by atoms with Crippen molar-refractivity contribution in [2.24, 2.45) is 0 Å². The molecule has 0 saturated heterocycles. The Bertz CT molecular complexity index is 1070. The van der Waals surface area contributed by atoms with Gasteiger partial charge in [0.25, 0.3) is 0 Å². The number of hydrogen-bond acceptors (Lipinski definition) is 2. The van der Waals surface area contributed by atoms with Gasteiger partial charge in [-0.2, -0.15) is 0 Å². The van der Waals surface area contributed by atoms with Gasteiger partial charge >= 0.3 is 0 Å². The third kappa shape index (κ3) is 7.42. The second-order valence-corrected chi connectivity index (χ2v) is 8.67. The molecule has 0 aliphatic carbocycles. The van der Waals surface area contributed by atoms with Crippen LogP contribution in [0.4, 0.5) is 4.39 Å². The standard InChI is InChI=1S/C28H30ClFN2O2/c1-2-3-17-31-28(34)26(18-21-9-5-4-6-10-21)32(20-23-11-7-8-12-25(23)29)27(33)19-22-13-15-24(30)16-14-22/h4-16,26H,2-3,17-20H2,1H3,(H,31,34). The number of benzene rings is 3. The lowest BCUT2D eigenvalue weighted by Gasteiger charge is -2.32. The Hall–Kier alpha value is -3.18. The van der Waals surface area contributed by atoms with Gasteiger partial charge in [-0.25, -0.2) is 4.39 Å². The van der Waals surface area contributed by atoms with Gasteiger partial charge in [0, 0.05) is 24.5 Å². The average molecular weight is 481 g/mol. The van der Waals surface area contributed by atoms with E-state index in [1.165, 1.54) is 12.1 Å². The molecule has 0 spiro atoms. The van der Waals surface area contributed by atoms with Crippen LogP contribution in [0.2, 0.25) is 5.02 Å². The van der Waals surface area contributed by atoms with Crippen molar-refractivity contribution in [3.8, 4) is 0 Å². The Labute approximate surface area is 205 Å². The molecule has 0 saturated carbocycles. The summed E-state index contributed by atoms with van der Waals surface area (Å²) < 4.78 is 13.4. The summed E-state index contributed by atoms with van der Waals surface area (Å²) >= 11 is 6.42. The summed E-state index contributed by atoms with van der Waals surface area (Å²) in [5, 5.41) is 3.53. The van der Waals surface area contributed by atoms with E-state index in [9.17, 15) is 14.0 Å². The summed E-state index contributed by atoms with van der Waals surface area (Å²) in [5.41, 5.74) is 2.40. The molecule has 0 bridgehead atoms. The number of carbonyl (C=O) groups excluding carboxylic acids is 2. The summed E-state index contributed by atoms with van der Waals surface area (Å²) in [7, 11) is 0. The first-order valence-electron chi connectivity index (χ1n) is 11.6. The Kier molecular flexibility index (Phi) is 9.65. The first-order chi connectivity index (χ1) is 16.5. The molecule has 0 aliphatic rings. The molecule has 0 aromatic heterocycles. The molecule has 34 heavy (non-hydrogen) atoms. The lowest BCUT2D eigenvalue weighted by atomic mass is 10.0. The van der Waals surface area contributed by atoms with E-state index < -0.39 is 6.04 Å². The van der Waals surface area contributed by atoms with Gasteiger partial charge in [0.15, 0.2) is 0 Å². The van der Waals surface area contributed by atoms with E-state index in [0.717, 1.165) is 24.0 Å². The second-order valence-electron chi connectivity index (χ2n) is 8.27. The second kappa shape index (κ2) is 12.9. The summed E-state index contributed by atoms with van der Waals surface area (Å²) in [4.78, 5) is 28.5. The maximum Gasteiger partial charge on any atom is 0.243 e. The molecule has 3 aromatic rings. The number of amides is 2. The van der Waals surface area contributed by atoms with Crippen molar-refractivity contribution in [3.05, 3.63) is 106 Å². The van der Waals surface area contributed by atoms with Gasteiger partial charge in [-0.05, 0) is 41.3 Å². The summed E-state index contributed by atoms with van der Waals surface area (Å²) in [5.74, 6) is -0.781. The van der Waals surface area contributed by atoms with Crippen LogP contribution in [-0.2, 0) is 29.0 Å². The first-order valence-corrected chi connectivity index (χ1v) is 11.9. The van der Waals surface area contributed by atoms with Gasteiger partial charge in [-0.1, -0.05) is 85.6 Å². The Morgan fingerprint density at radius 2 is 1.62 bits per heavy atom. The Balaban J connectivity index is 1.94. The zero-order valence-electron chi connectivity index (χ0n) is 19.3. The smallest absolute Gasteiger partial charge is 0.243 e. The predicted octanol–water partition coefficient (Wildman–Crippen LogP) is 5.58. The SMILES string of the molecule is CCCCNC(=O)C(Cc1ccccc1)N(Cc1ccccc1Cl)C(=O)Cc1ccc(F)cc1. The maximum atomic E-state index is 13.6. The monoisotopic (exact) mass is 480 g/mol. The first kappa shape index (κ1) is 25.4. The number of unbranched alkanes of at least 4 members (excludes halogenated alkanes) is 1. The third-order valence-electron chi connectivity index (χ3n) is 5.67. The van der Waals surface area contributed by atoms with Gasteiger partial charge in [0.2, 0.25) is 11.8 Å². The van der Waals surface area contributed by atoms with E-state index in [1.54, 1.807) is 23.1 Å². The Morgan fingerprint density at radius 3 is 2.29 bits per heavy atom. The lowest BCUT2D eigenvalue weighted by Crippen LogP contribution is -2.51. The minimum absolute atomic E-state index is 0.0538. The van der Waals surface area contributed by atoms with E-state index in [2.05, 4.69) is 12.2 Å². The molecule has 2 amide bonds.